The van der Waals surface area contributed by atoms with Gasteiger partial charge in [0.2, 0.25) is 0 Å². The number of hydrogen-bond acceptors (Lipinski definition) is 5. The van der Waals surface area contributed by atoms with Crippen LogP contribution in [0.25, 0.3) is 0 Å². The van der Waals surface area contributed by atoms with Crippen molar-refractivity contribution in [2.24, 2.45) is 5.92 Å². The van der Waals surface area contributed by atoms with Crippen LogP contribution in [0.1, 0.15) is 6.92 Å². The minimum absolute atomic E-state index is 0.0220. The summed E-state index contributed by atoms with van der Waals surface area (Å²) in [6.07, 6.45) is 2.68. The van der Waals surface area contributed by atoms with Gasteiger partial charge in [-0.15, -0.1) is 0 Å². The molecule has 6 nitrogen and oxygen atoms in total. The lowest BCUT2D eigenvalue weighted by Crippen LogP contribution is -2.06. The fourth-order valence-electron chi connectivity index (χ4n) is 1.06. The number of hydrogen-bond donors (Lipinski definition) is 1. The summed E-state index contributed by atoms with van der Waals surface area (Å²) < 4.78 is 1.56. The molecule has 0 aliphatic rings. The number of aromatic nitrogens is 2. The minimum atomic E-state index is -0.454. The number of nitrogens with zero attached hydrogens (tertiary/aromatic N) is 3. The summed E-state index contributed by atoms with van der Waals surface area (Å²) in [4.78, 5) is 9.94. The Hall–Kier alpha value is -1.08. The third-order valence-corrected chi connectivity index (χ3v) is 3.29. The average molecular weight is 245 g/mol. The van der Waals surface area contributed by atoms with Gasteiger partial charge in [0.05, 0.1) is 11.5 Å². The van der Waals surface area contributed by atoms with Gasteiger partial charge in [-0.1, -0.05) is 6.92 Å². The monoisotopic (exact) mass is 245 g/mol. The van der Waals surface area contributed by atoms with Crippen molar-refractivity contribution in [3.63, 3.8) is 0 Å². The van der Waals surface area contributed by atoms with Crippen LogP contribution in [-0.2, 0) is 6.54 Å². The lowest BCUT2D eigenvalue weighted by Gasteiger charge is -2.06. The van der Waals surface area contributed by atoms with E-state index in [9.17, 15) is 10.1 Å². The van der Waals surface area contributed by atoms with E-state index < -0.39 is 4.92 Å². The molecule has 0 saturated carbocycles. The highest BCUT2D eigenvalue weighted by Crippen LogP contribution is 2.11. The number of aliphatic hydroxyl groups is 1. The van der Waals surface area contributed by atoms with Gasteiger partial charge in [0.15, 0.2) is 0 Å². The second-order valence-corrected chi connectivity index (χ2v) is 4.73. The first-order chi connectivity index (χ1) is 7.63. The zero-order valence-electron chi connectivity index (χ0n) is 9.07. The molecule has 1 aromatic rings. The molecule has 0 bridgehead atoms. The predicted molar refractivity (Wildman–Crippen MR) is 62.5 cm³/mol. The SMILES string of the molecule is CC(CO)CSCCn1cc([N+](=O)[O-])cn1. The van der Waals surface area contributed by atoms with Crippen molar-refractivity contribution >= 4 is 17.4 Å². The van der Waals surface area contributed by atoms with Gasteiger partial charge in [-0.3, -0.25) is 14.8 Å². The number of aliphatic hydroxyl groups excluding tert-OH is 1. The number of rotatable bonds is 7. The predicted octanol–water partition coefficient (Wildman–Crippen LogP) is 1.15. The van der Waals surface area contributed by atoms with E-state index in [2.05, 4.69) is 5.10 Å². The topological polar surface area (TPSA) is 81.2 Å². The molecule has 16 heavy (non-hydrogen) atoms. The molecule has 1 unspecified atom stereocenters. The average Bonchev–Trinajstić information content (AvgIpc) is 2.72. The van der Waals surface area contributed by atoms with Crippen molar-refractivity contribution in [3.05, 3.63) is 22.5 Å². The molecule has 0 aliphatic heterocycles. The van der Waals surface area contributed by atoms with Crippen molar-refractivity contribution < 1.29 is 10.0 Å². The van der Waals surface area contributed by atoms with Crippen LogP contribution in [0.3, 0.4) is 0 Å². The Morgan fingerprint density at radius 3 is 3.06 bits per heavy atom. The first-order valence-electron chi connectivity index (χ1n) is 4.99. The highest BCUT2D eigenvalue weighted by atomic mass is 32.2. The number of nitro groups is 1. The summed E-state index contributed by atoms with van der Waals surface area (Å²) >= 11 is 1.71. The summed E-state index contributed by atoms with van der Waals surface area (Å²) in [5.41, 5.74) is 0.0220. The van der Waals surface area contributed by atoms with Crippen LogP contribution in [-0.4, -0.2) is 37.9 Å². The molecule has 0 saturated heterocycles. The van der Waals surface area contributed by atoms with Gasteiger partial charge in [0.1, 0.15) is 12.4 Å². The zero-order chi connectivity index (χ0) is 12.0. The van der Waals surface area contributed by atoms with Crippen LogP contribution < -0.4 is 0 Å². The van der Waals surface area contributed by atoms with E-state index in [0.29, 0.717) is 6.54 Å². The van der Waals surface area contributed by atoms with Gasteiger partial charge in [0, 0.05) is 12.4 Å². The van der Waals surface area contributed by atoms with E-state index in [-0.39, 0.29) is 18.2 Å². The molecular weight excluding hydrogens is 230 g/mol. The van der Waals surface area contributed by atoms with Crippen molar-refractivity contribution in [3.8, 4) is 0 Å². The molecule has 1 N–H and O–H groups in total. The maximum atomic E-state index is 10.4. The molecule has 0 aromatic carbocycles. The van der Waals surface area contributed by atoms with Crippen molar-refractivity contribution in [2.45, 2.75) is 13.5 Å². The Labute approximate surface area is 97.8 Å². The Morgan fingerprint density at radius 1 is 1.75 bits per heavy atom. The molecule has 1 rings (SSSR count). The van der Waals surface area contributed by atoms with Crippen molar-refractivity contribution in [1.29, 1.82) is 0 Å². The molecule has 0 amide bonds. The summed E-state index contributed by atoms with van der Waals surface area (Å²) in [5.74, 6) is 2.01. The minimum Gasteiger partial charge on any atom is -0.396 e. The summed E-state index contributed by atoms with van der Waals surface area (Å²) in [6, 6.07) is 0. The summed E-state index contributed by atoms with van der Waals surface area (Å²) in [6.45, 7) is 2.82. The maximum Gasteiger partial charge on any atom is 0.306 e. The van der Waals surface area contributed by atoms with Gasteiger partial charge in [-0.25, -0.2) is 0 Å². The van der Waals surface area contributed by atoms with Crippen LogP contribution in [0.2, 0.25) is 0 Å². The smallest absolute Gasteiger partial charge is 0.306 e. The molecule has 0 fully saturated rings. The van der Waals surface area contributed by atoms with Gasteiger partial charge in [-0.2, -0.15) is 16.9 Å². The van der Waals surface area contributed by atoms with Crippen LogP contribution in [0.5, 0.6) is 0 Å². The molecular formula is C9H15N3O3S. The zero-order valence-corrected chi connectivity index (χ0v) is 9.89. The largest absolute Gasteiger partial charge is 0.396 e. The second kappa shape index (κ2) is 6.49. The molecule has 0 spiro atoms. The molecule has 7 heteroatoms. The van der Waals surface area contributed by atoms with E-state index in [1.54, 1.807) is 16.4 Å². The molecule has 1 heterocycles. The first kappa shape index (κ1) is 13.0. The highest BCUT2D eigenvalue weighted by Gasteiger charge is 2.08. The third-order valence-electron chi connectivity index (χ3n) is 2.01. The van der Waals surface area contributed by atoms with E-state index in [1.807, 2.05) is 6.92 Å². The number of aryl methyl sites for hydroxylation is 1. The van der Waals surface area contributed by atoms with Crippen molar-refractivity contribution in [1.82, 2.24) is 9.78 Å². The van der Waals surface area contributed by atoms with Gasteiger partial charge in [0.25, 0.3) is 0 Å². The molecule has 1 aromatic heterocycles. The second-order valence-electron chi connectivity index (χ2n) is 3.58. The highest BCUT2D eigenvalue weighted by molar-refractivity contribution is 7.99. The maximum absolute atomic E-state index is 10.4. The molecule has 90 valence electrons. The van der Waals surface area contributed by atoms with E-state index >= 15 is 0 Å². The quantitative estimate of drug-likeness (QED) is 0.443. The van der Waals surface area contributed by atoms with Crippen molar-refractivity contribution in [2.75, 3.05) is 18.1 Å². The van der Waals surface area contributed by atoms with E-state index in [0.717, 1.165) is 11.5 Å². The van der Waals surface area contributed by atoms with Crippen LogP contribution in [0.15, 0.2) is 12.4 Å². The molecule has 0 radical (unpaired) electrons. The van der Waals surface area contributed by atoms with Crippen LogP contribution in [0.4, 0.5) is 5.69 Å². The van der Waals surface area contributed by atoms with Gasteiger partial charge < -0.3 is 5.11 Å². The van der Waals surface area contributed by atoms with E-state index in [4.69, 9.17) is 5.11 Å². The number of thioether (sulfide) groups is 1. The van der Waals surface area contributed by atoms with Gasteiger partial charge in [-0.05, 0) is 11.7 Å². The standard InChI is InChI=1S/C9H15N3O3S/c1-8(6-13)7-16-3-2-11-5-9(4-10-11)12(14)15/h4-5,8,13H,2-3,6-7H2,1H3. The lowest BCUT2D eigenvalue weighted by atomic mass is 10.2. The fourth-order valence-corrected chi connectivity index (χ4v) is 2.06. The van der Waals surface area contributed by atoms with Crippen LogP contribution in [0, 0.1) is 16.0 Å². The normalized spacial score (nSPS) is 12.6. The van der Waals surface area contributed by atoms with E-state index in [1.165, 1.54) is 12.4 Å². The van der Waals surface area contributed by atoms with Gasteiger partial charge >= 0.3 is 5.69 Å². The fraction of sp³-hybridized carbons (Fsp3) is 0.667. The Bertz CT molecular complexity index is 342. The Morgan fingerprint density at radius 2 is 2.50 bits per heavy atom. The summed E-state index contributed by atoms with van der Waals surface area (Å²) in [7, 11) is 0. The first-order valence-corrected chi connectivity index (χ1v) is 6.14. The van der Waals surface area contributed by atoms with Crippen LogP contribution >= 0.6 is 11.8 Å². The molecule has 0 aliphatic carbocycles. The Balaban J connectivity index is 2.24. The molecule has 1 atom stereocenters. The lowest BCUT2D eigenvalue weighted by molar-refractivity contribution is -0.385. The third kappa shape index (κ3) is 4.19. The Kier molecular flexibility index (Phi) is 5.27. The summed E-state index contributed by atoms with van der Waals surface area (Å²) in [5, 5.41) is 23.1.